The summed E-state index contributed by atoms with van der Waals surface area (Å²) < 4.78 is 37.2. The number of anilines is 1. The summed E-state index contributed by atoms with van der Waals surface area (Å²) in [6, 6.07) is 8.74. The summed E-state index contributed by atoms with van der Waals surface area (Å²) >= 11 is 5.24. The molecule has 0 heterocycles. The van der Waals surface area contributed by atoms with Crippen LogP contribution in [0.2, 0.25) is 0 Å². The standard InChI is InChI=1S/C18H20F2N2O2S/c1-4-14(11-5-8-16(23-2)17(9-11)24-3)21-18(25)22-15-7-6-12(19)10-13(15)20/h5-10,14H,4H2,1-3H3,(H2,21,22,25)/t14-/m0/s1. The fourth-order valence-corrected chi connectivity index (χ4v) is 2.65. The van der Waals surface area contributed by atoms with E-state index in [1.807, 2.05) is 25.1 Å². The quantitative estimate of drug-likeness (QED) is 0.741. The van der Waals surface area contributed by atoms with Gasteiger partial charge in [-0.15, -0.1) is 0 Å². The SMILES string of the molecule is CC[C@H](NC(=S)Nc1ccc(F)cc1F)c1ccc(OC)c(OC)c1. The second kappa shape index (κ2) is 8.62. The Morgan fingerprint density at radius 1 is 1.08 bits per heavy atom. The molecule has 0 unspecified atom stereocenters. The molecule has 2 aromatic carbocycles. The fourth-order valence-electron chi connectivity index (χ4n) is 2.40. The van der Waals surface area contributed by atoms with E-state index in [0.717, 1.165) is 18.1 Å². The lowest BCUT2D eigenvalue weighted by molar-refractivity contribution is 0.354. The van der Waals surface area contributed by atoms with E-state index in [-0.39, 0.29) is 16.8 Å². The van der Waals surface area contributed by atoms with Gasteiger partial charge in [-0.05, 0) is 48.5 Å². The molecular formula is C18H20F2N2O2S. The number of hydrogen-bond donors (Lipinski definition) is 2. The Labute approximate surface area is 151 Å². The Morgan fingerprint density at radius 3 is 2.40 bits per heavy atom. The van der Waals surface area contributed by atoms with Gasteiger partial charge in [-0.1, -0.05) is 13.0 Å². The molecule has 0 fully saturated rings. The molecule has 0 saturated heterocycles. The Balaban J connectivity index is 2.12. The van der Waals surface area contributed by atoms with Gasteiger partial charge >= 0.3 is 0 Å². The predicted molar refractivity (Wildman–Crippen MR) is 98.3 cm³/mol. The van der Waals surface area contributed by atoms with Crippen molar-refractivity contribution in [2.75, 3.05) is 19.5 Å². The molecule has 134 valence electrons. The van der Waals surface area contributed by atoms with Crippen molar-refractivity contribution < 1.29 is 18.3 Å². The van der Waals surface area contributed by atoms with Crippen molar-refractivity contribution in [2.24, 2.45) is 0 Å². The first-order valence-electron chi connectivity index (χ1n) is 7.73. The third kappa shape index (κ3) is 4.79. The molecule has 0 radical (unpaired) electrons. The van der Waals surface area contributed by atoms with E-state index in [1.54, 1.807) is 14.2 Å². The summed E-state index contributed by atoms with van der Waals surface area (Å²) in [6.45, 7) is 2.00. The molecule has 0 aliphatic carbocycles. The molecule has 0 saturated carbocycles. The van der Waals surface area contributed by atoms with Crippen LogP contribution in [-0.4, -0.2) is 19.3 Å². The Kier molecular flexibility index (Phi) is 6.52. The zero-order chi connectivity index (χ0) is 18.4. The van der Waals surface area contributed by atoms with Gasteiger partial charge in [0.05, 0.1) is 25.9 Å². The average Bonchev–Trinajstić information content (AvgIpc) is 2.61. The van der Waals surface area contributed by atoms with Crippen LogP contribution in [0.3, 0.4) is 0 Å². The van der Waals surface area contributed by atoms with Gasteiger partial charge in [0, 0.05) is 6.07 Å². The third-order valence-corrected chi connectivity index (χ3v) is 3.92. The summed E-state index contributed by atoms with van der Waals surface area (Å²) in [5, 5.41) is 6.11. The highest BCUT2D eigenvalue weighted by Crippen LogP contribution is 2.31. The largest absolute Gasteiger partial charge is 0.493 e. The van der Waals surface area contributed by atoms with E-state index in [9.17, 15) is 8.78 Å². The number of halogens is 2. The highest BCUT2D eigenvalue weighted by molar-refractivity contribution is 7.80. The smallest absolute Gasteiger partial charge is 0.171 e. The number of benzene rings is 2. The van der Waals surface area contributed by atoms with Crippen molar-refractivity contribution >= 4 is 23.0 Å². The van der Waals surface area contributed by atoms with Gasteiger partial charge in [0.15, 0.2) is 16.6 Å². The Hall–Kier alpha value is -2.41. The summed E-state index contributed by atoms with van der Waals surface area (Å²) in [5.41, 5.74) is 1.06. The normalized spacial score (nSPS) is 11.6. The summed E-state index contributed by atoms with van der Waals surface area (Å²) in [5.74, 6) is -0.0964. The number of ether oxygens (including phenoxy) is 2. The van der Waals surface area contributed by atoms with Crippen molar-refractivity contribution in [3.05, 3.63) is 53.6 Å². The van der Waals surface area contributed by atoms with Crippen molar-refractivity contribution in [3.63, 3.8) is 0 Å². The minimum atomic E-state index is -0.705. The lowest BCUT2D eigenvalue weighted by Gasteiger charge is -2.21. The van der Waals surface area contributed by atoms with Gasteiger partial charge in [0.2, 0.25) is 0 Å². The van der Waals surface area contributed by atoms with E-state index in [1.165, 1.54) is 12.1 Å². The van der Waals surface area contributed by atoms with E-state index >= 15 is 0 Å². The molecule has 4 nitrogen and oxygen atoms in total. The van der Waals surface area contributed by atoms with Crippen LogP contribution >= 0.6 is 12.2 Å². The van der Waals surface area contributed by atoms with Crippen molar-refractivity contribution in [3.8, 4) is 11.5 Å². The molecule has 1 atom stereocenters. The maximum atomic E-state index is 13.7. The lowest BCUT2D eigenvalue weighted by Crippen LogP contribution is -2.32. The lowest BCUT2D eigenvalue weighted by atomic mass is 10.0. The van der Waals surface area contributed by atoms with Crippen LogP contribution < -0.4 is 20.1 Å². The first-order valence-corrected chi connectivity index (χ1v) is 8.13. The molecule has 0 aliphatic heterocycles. The van der Waals surface area contributed by atoms with E-state index in [2.05, 4.69) is 10.6 Å². The second-order valence-electron chi connectivity index (χ2n) is 5.30. The van der Waals surface area contributed by atoms with Crippen molar-refractivity contribution in [1.29, 1.82) is 0 Å². The number of rotatable bonds is 6. The van der Waals surface area contributed by atoms with Crippen LogP contribution in [0.25, 0.3) is 0 Å². The molecule has 0 bridgehead atoms. The zero-order valence-electron chi connectivity index (χ0n) is 14.2. The highest BCUT2D eigenvalue weighted by Gasteiger charge is 2.15. The number of thiocarbonyl (C=S) groups is 1. The fraction of sp³-hybridized carbons (Fsp3) is 0.278. The predicted octanol–water partition coefficient (Wildman–Crippen LogP) is 4.42. The van der Waals surface area contributed by atoms with E-state index < -0.39 is 11.6 Å². The Morgan fingerprint density at radius 2 is 1.80 bits per heavy atom. The maximum absolute atomic E-state index is 13.7. The van der Waals surface area contributed by atoms with Crippen LogP contribution in [0.15, 0.2) is 36.4 Å². The van der Waals surface area contributed by atoms with Crippen LogP contribution in [0.4, 0.5) is 14.5 Å². The van der Waals surface area contributed by atoms with Gasteiger partial charge in [0.1, 0.15) is 11.6 Å². The first-order chi connectivity index (χ1) is 12.0. The highest BCUT2D eigenvalue weighted by atomic mass is 32.1. The summed E-state index contributed by atoms with van der Waals surface area (Å²) in [4.78, 5) is 0. The molecule has 2 N–H and O–H groups in total. The van der Waals surface area contributed by atoms with E-state index in [0.29, 0.717) is 11.5 Å². The van der Waals surface area contributed by atoms with Crippen LogP contribution in [0, 0.1) is 11.6 Å². The Bertz CT molecular complexity index is 756. The number of methoxy groups -OCH3 is 2. The van der Waals surface area contributed by atoms with Gasteiger partial charge in [-0.2, -0.15) is 0 Å². The molecule has 0 aromatic heterocycles. The van der Waals surface area contributed by atoms with Crippen molar-refractivity contribution in [2.45, 2.75) is 19.4 Å². The number of nitrogens with one attached hydrogen (secondary N) is 2. The van der Waals surface area contributed by atoms with Crippen LogP contribution in [-0.2, 0) is 0 Å². The minimum Gasteiger partial charge on any atom is -0.493 e. The topological polar surface area (TPSA) is 42.5 Å². The number of hydrogen-bond acceptors (Lipinski definition) is 3. The monoisotopic (exact) mass is 366 g/mol. The van der Waals surface area contributed by atoms with Gasteiger partial charge in [-0.3, -0.25) is 0 Å². The molecule has 0 amide bonds. The van der Waals surface area contributed by atoms with Crippen LogP contribution in [0.1, 0.15) is 24.9 Å². The van der Waals surface area contributed by atoms with Gasteiger partial charge < -0.3 is 20.1 Å². The molecule has 2 rings (SSSR count). The minimum absolute atomic E-state index is 0.108. The molecule has 7 heteroatoms. The van der Waals surface area contributed by atoms with Crippen molar-refractivity contribution in [1.82, 2.24) is 5.32 Å². The van der Waals surface area contributed by atoms with Gasteiger partial charge in [0.25, 0.3) is 0 Å². The molecule has 2 aromatic rings. The first kappa shape index (κ1) is 18.9. The van der Waals surface area contributed by atoms with Gasteiger partial charge in [-0.25, -0.2) is 8.78 Å². The second-order valence-corrected chi connectivity index (χ2v) is 5.71. The maximum Gasteiger partial charge on any atom is 0.171 e. The van der Waals surface area contributed by atoms with E-state index in [4.69, 9.17) is 21.7 Å². The summed E-state index contributed by atoms with van der Waals surface area (Å²) in [7, 11) is 3.14. The summed E-state index contributed by atoms with van der Waals surface area (Å²) in [6.07, 6.45) is 0.739. The molecule has 0 spiro atoms. The zero-order valence-corrected chi connectivity index (χ0v) is 15.0. The van der Waals surface area contributed by atoms with Crippen LogP contribution in [0.5, 0.6) is 11.5 Å². The average molecular weight is 366 g/mol. The third-order valence-electron chi connectivity index (χ3n) is 3.70. The molecular weight excluding hydrogens is 346 g/mol. The molecule has 25 heavy (non-hydrogen) atoms. The molecule has 0 aliphatic rings.